The van der Waals surface area contributed by atoms with Gasteiger partial charge >= 0.3 is 0 Å². The maximum absolute atomic E-state index is 6.05. The molecule has 1 N–H and O–H groups in total. The van der Waals surface area contributed by atoms with Crippen molar-refractivity contribution in [3.05, 3.63) is 11.7 Å². The van der Waals surface area contributed by atoms with E-state index in [9.17, 15) is 0 Å². The van der Waals surface area contributed by atoms with Crippen molar-refractivity contribution >= 4 is 5.96 Å². The van der Waals surface area contributed by atoms with Gasteiger partial charge in [0.2, 0.25) is 0 Å². The first-order valence-corrected chi connectivity index (χ1v) is 8.28. The second-order valence-corrected chi connectivity index (χ2v) is 6.45. The molecule has 1 saturated heterocycles. The molecule has 0 radical (unpaired) electrons. The van der Waals surface area contributed by atoms with Gasteiger partial charge in [-0.15, -0.1) is 0 Å². The average molecular weight is 305 g/mol. The first-order valence-electron chi connectivity index (χ1n) is 8.28. The quantitative estimate of drug-likeness (QED) is 0.907. The molecular formula is C15H23N5O2. The van der Waals surface area contributed by atoms with Crippen LogP contribution in [0.15, 0.2) is 9.52 Å². The molecular weight excluding hydrogens is 282 g/mol. The first-order chi connectivity index (χ1) is 10.8. The van der Waals surface area contributed by atoms with Gasteiger partial charge in [-0.1, -0.05) is 5.16 Å². The van der Waals surface area contributed by atoms with E-state index >= 15 is 0 Å². The molecule has 0 unspecified atom stereocenters. The Bertz CT molecular complexity index is 554. The highest BCUT2D eigenvalue weighted by molar-refractivity contribution is 5.80. The van der Waals surface area contributed by atoms with E-state index in [1.165, 1.54) is 12.8 Å². The molecule has 2 fully saturated rings. The average Bonchev–Trinajstić information content (AvgIpc) is 3.08. The van der Waals surface area contributed by atoms with Crippen LogP contribution in [0.3, 0.4) is 0 Å². The summed E-state index contributed by atoms with van der Waals surface area (Å²) in [7, 11) is 2.07. The number of nitrogens with zero attached hydrogens (tertiary/aromatic N) is 4. The van der Waals surface area contributed by atoms with E-state index in [1.807, 2.05) is 0 Å². The van der Waals surface area contributed by atoms with Crippen LogP contribution in [0, 0.1) is 0 Å². The van der Waals surface area contributed by atoms with E-state index in [1.54, 1.807) is 0 Å². The van der Waals surface area contributed by atoms with Crippen molar-refractivity contribution in [3.8, 4) is 0 Å². The van der Waals surface area contributed by atoms with E-state index < -0.39 is 0 Å². The minimum absolute atomic E-state index is 0.0437. The molecule has 4 rings (SSSR count). The molecule has 2 aliphatic heterocycles. The van der Waals surface area contributed by atoms with Crippen LogP contribution < -0.4 is 5.32 Å². The zero-order valence-electron chi connectivity index (χ0n) is 13.0. The van der Waals surface area contributed by atoms with Crippen LogP contribution in [-0.4, -0.2) is 53.8 Å². The van der Waals surface area contributed by atoms with Gasteiger partial charge in [-0.3, -0.25) is 4.99 Å². The minimum Gasteiger partial charge on any atom is -0.363 e. The van der Waals surface area contributed by atoms with Crippen molar-refractivity contribution in [2.24, 2.45) is 4.99 Å². The number of nitrogens with one attached hydrogen (secondary N) is 1. The Hall–Kier alpha value is -1.63. The summed E-state index contributed by atoms with van der Waals surface area (Å²) in [6, 6.07) is 0. The Morgan fingerprint density at radius 1 is 1.27 bits per heavy atom. The number of rotatable bonds is 4. The summed E-state index contributed by atoms with van der Waals surface area (Å²) < 4.78 is 11.4. The van der Waals surface area contributed by atoms with Gasteiger partial charge in [0.15, 0.2) is 11.8 Å². The molecule has 1 aromatic heterocycles. The van der Waals surface area contributed by atoms with Gasteiger partial charge < -0.3 is 19.5 Å². The SMILES string of the molecule is CN1CCCN=C1NC[C@H]1CC[C@@H](c2nc(C3CC3)no2)O1. The second-order valence-electron chi connectivity index (χ2n) is 6.45. The molecule has 1 saturated carbocycles. The van der Waals surface area contributed by atoms with Crippen molar-refractivity contribution < 1.29 is 9.26 Å². The zero-order valence-corrected chi connectivity index (χ0v) is 13.0. The second kappa shape index (κ2) is 5.87. The first kappa shape index (κ1) is 14.0. The van der Waals surface area contributed by atoms with Crippen LogP contribution >= 0.6 is 0 Å². The van der Waals surface area contributed by atoms with Crippen molar-refractivity contribution in [1.82, 2.24) is 20.4 Å². The fourth-order valence-corrected chi connectivity index (χ4v) is 3.04. The maximum Gasteiger partial charge on any atom is 0.255 e. The van der Waals surface area contributed by atoms with Gasteiger partial charge in [0, 0.05) is 32.6 Å². The van der Waals surface area contributed by atoms with Crippen molar-refractivity contribution in [1.29, 1.82) is 0 Å². The van der Waals surface area contributed by atoms with E-state index in [0.717, 1.165) is 50.7 Å². The molecule has 0 bridgehead atoms. The predicted molar refractivity (Wildman–Crippen MR) is 80.7 cm³/mol. The monoisotopic (exact) mass is 305 g/mol. The lowest BCUT2D eigenvalue weighted by Crippen LogP contribution is -2.44. The molecule has 0 amide bonds. The standard InChI is InChI=1S/C15H23N5O2/c1-20-8-2-7-16-15(20)17-9-11-5-6-12(21-11)14-18-13(19-22-14)10-3-4-10/h10-12H,2-9H2,1H3,(H,16,17)/t11-,12+/m1/s1. The molecule has 2 atom stereocenters. The van der Waals surface area contributed by atoms with Crippen LogP contribution in [0.5, 0.6) is 0 Å². The third kappa shape index (κ3) is 2.95. The minimum atomic E-state index is -0.0437. The molecule has 7 heteroatoms. The highest BCUT2D eigenvalue weighted by Gasteiger charge is 2.34. The summed E-state index contributed by atoms with van der Waals surface area (Å²) >= 11 is 0. The molecule has 7 nitrogen and oxygen atoms in total. The van der Waals surface area contributed by atoms with Gasteiger partial charge in [0.05, 0.1) is 6.10 Å². The Morgan fingerprint density at radius 2 is 2.18 bits per heavy atom. The van der Waals surface area contributed by atoms with Gasteiger partial charge in [-0.2, -0.15) is 4.98 Å². The number of hydrogen-bond donors (Lipinski definition) is 1. The Balaban J connectivity index is 1.29. The van der Waals surface area contributed by atoms with E-state index in [4.69, 9.17) is 9.26 Å². The Labute approximate surface area is 130 Å². The summed E-state index contributed by atoms with van der Waals surface area (Å²) in [4.78, 5) is 11.2. The van der Waals surface area contributed by atoms with Crippen LogP contribution in [-0.2, 0) is 4.74 Å². The molecule has 3 heterocycles. The molecule has 3 aliphatic rings. The van der Waals surface area contributed by atoms with Crippen LogP contribution in [0.25, 0.3) is 0 Å². The number of ether oxygens (including phenoxy) is 1. The van der Waals surface area contributed by atoms with E-state index in [0.29, 0.717) is 11.8 Å². The largest absolute Gasteiger partial charge is 0.363 e. The lowest BCUT2D eigenvalue weighted by Gasteiger charge is -2.26. The van der Waals surface area contributed by atoms with Gasteiger partial charge in [-0.25, -0.2) is 0 Å². The molecule has 120 valence electrons. The summed E-state index contributed by atoms with van der Waals surface area (Å²) in [5.41, 5.74) is 0. The van der Waals surface area contributed by atoms with Crippen molar-refractivity contribution in [2.45, 2.75) is 50.2 Å². The third-order valence-electron chi connectivity index (χ3n) is 4.55. The van der Waals surface area contributed by atoms with Gasteiger partial charge in [0.1, 0.15) is 6.10 Å². The van der Waals surface area contributed by atoms with Gasteiger partial charge in [-0.05, 0) is 32.1 Å². The lowest BCUT2D eigenvalue weighted by atomic mass is 10.2. The number of aliphatic imine (C=N–C) groups is 1. The number of guanidine groups is 1. The fraction of sp³-hybridized carbons (Fsp3) is 0.800. The lowest BCUT2D eigenvalue weighted by molar-refractivity contribution is 0.0282. The molecule has 1 aliphatic carbocycles. The topological polar surface area (TPSA) is 75.8 Å². The van der Waals surface area contributed by atoms with Crippen LogP contribution in [0.2, 0.25) is 0 Å². The summed E-state index contributed by atoms with van der Waals surface area (Å²) in [6.45, 7) is 2.75. The smallest absolute Gasteiger partial charge is 0.255 e. The van der Waals surface area contributed by atoms with Crippen LogP contribution in [0.1, 0.15) is 55.8 Å². The molecule has 22 heavy (non-hydrogen) atoms. The van der Waals surface area contributed by atoms with Crippen molar-refractivity contribution in [2.75, 3.05) is 26.7 Å². The van der Waals surface area contributed by atoms with Gasteiger partial charge in [0.25, 0.3) is 5.89 Å². The predicted octanol–water partition coefficient (Wildman–Crippen LogP) is 1.45. The Morgan fingerprint density at radius 3 is 3.00 bits per heavy atom. The normalized spacial score (nSPS) is 28.8. The zero-order chi connectivity index (χ0) is 14.9. The highest BCUT2D eigenvalue weighted by atomic mass is 16.5. The van der Waals surface area contributed by atoms with Crippen LogP contribution in [0.4, 0.5) is 0 Å². The molecule has 1 aromatic rings. The Kier molecular flexibility index (Phi) is 3.73. The number of hydrogen-bond acceptors (Lipinski definition) is 7. The maximum atomic E-state index is 6.05. The third-order valence-corrected chi connectivity index (χ3v) is 4.55. The summed E-state index contributed by atoms with van der Waals surface area (Å²) in [5, 5.41) is 7.47. The molecule has 0 aromatic carbocycles. The summed E-state index contributed by atoms with van der Waals surface area (Å²) in [6.07, 6.45) is 5.59. The fourth-order valence-electron chi connectivity index (χ4n) is 3.04. The van der Waals surface area contributed by atoms with E-state index in [-0.39, 0.29) is 12.2 Å². The highest BCUT2D eigenvalue weighted by Crippen LogP contribution is 2.39. The molecule has 0 spiro atoms. The summed E-state index contributed by atoms with van der Waals surface area (Å²) in [5.74, 6) is 3.01. The van der Waals surface area contributed by atoms with E-state index in [2.05, 4.69) is 32.4 Å². The number of aromatic nitrogens is 2. The van der Waals surface area contributed by atoms with Crippen molar-refractivity contribution in [3.63, 3.8) is 0 Å².